The molecule has 0 aliphatic rings. The van der Waals surface area contributed by atoms with Crippen molar-refractivity contribution in [2.75, 3.05) is 0 Å². The average molecular weight is 223 g/mol. The van der Waals surface area contributed by atoms with Gasteiger partial charge in [0.1, 0.15) is 0 Å². The van der Waals surface area contributed by atoms with Gasteiger partial charge in [-0.2, -0.15) is 0 Å². The Morgan fingerprint density at radius 2 is 1.50 bits per heavy atom. The van der Waals surface area contributed by atoms with Crippen molar-refractivity contribution in [1.82, 2.24) is 0 Å². The number of halogens is 2. The van der Waals surface area contributed by atoms with Gasteiger partial charge >= 0.3 is 1.43 Å². The zero-order valence-corrected chi connectivity index (χ0v) is 8.81. The lowest BCUT2D eigenvalue weighted by atomic mass is 10.1. The van der Waals surface area contributed by atoms with Crippen LogP contribution in [0.5, 0.6) is 0 Å². The summed E-state index contributed by atoms with van der Waals surface area (Å²) in [5.74, 6) is 0. The molecule has 2 rings (SSSR count). The molecular formula is C12H8Cl2+. The van der Waals surface area contributed by atoms with Crippen molar-refractivity contribution < 1.29 is 1.43 Å². The van der Waals surface area contributed by atoms with Crippen LogP contribution in [0.4, 0.5) is 0 Å². The Morgan fingerprint density at radius 1 is 0.929 bits per heavy atom. The Bertz CT molecular complexity index is 420. The van der Waals surface area contributed by atoms with Gasteiger partial charge in [0.25, 0.3) is 0 Å². The Kier molecular flexibility index (Phi) is 2.76. The molecule has 0 amide bonds. The summed E-state index contributed by atoms with van der Waals surface area (Å²) in [7, 11) is 0. The van der Waals surface area contributed by atoms with Crippen molar-refractivity contribution in [3.05, 3.63) is 58.6 Å². The minimum Gasteiger partial charge on any atom is -0.0836 e. The largest absolute Gasteiger partial charge is 1.00 e. The quantitative estimate of drug-likeness (QED) is 0.664. The molecule has 2 heteroatoms. The third-order valence-corrected chi connectivity index (χ3v) is 2.56. The van der Waals surface area contributed by atoms with Gasteiger partial charge in [-0.1, -0.05) is 53.5 Å². The lowest BCUT2D eigenvalue weighted by Gasteiger charge is -2.05. The van der Waals surface area contributed by atoms with Crippen molar-refractivity contribution in [3.8, 4) is 11.1 Å². The maximum Gasteiger partial charge on any atom is 1.00 e. The van der Waals surface area contributed by atoms with Gasteiger partial charge in [0.2, 0.25) is 0 Å². The minimum atomic E-state index is 0. The number of benzene rings is 2. The van der Waals surface area contributed by atoms with Gasteiger partial charge < -0.3 is 0 Å². The van der Waals surface area contributed by atoms with Crippen molar-refractivity contribution >= 4 is 23.2 Å². The zero-order valence-electron chi connectivity index (χ0n) is 8.30. The number of rotatable bonds is 1. The van der Waals surface area contributed by atoms with Crippen LogP contribution < -0.4 is 0 Å². The highest BCUT2D eigenvalue weighted by molar-refractivity contribution is 6.39. The van der Waals surface area contributed by atoms with Crippen LogP contribution in [-0.4, -0.2) is 0 Å². The SMILES string of the molecule is Clc1c[c]cc(Cl)c1-c1ccccc1.[H+]. The highest BCUT2D eigenvalue weighted by Gasteiger charge is 2.06. The molecule has 0 aliphatic carbocycles. The number of hydrogen-bond acceptors (Lipinski definition) is 0. The molecule has 0 atom stereocenters. The smallest absolute Gasteiger partial charge is 0.0836 e. The van der Waals surface area contributed by atoms with E-state index in [-0.39, 0.29) is 1.43 Å². The predicted octanol–water partition coefficient (Wildman–Crippen LogP) is 4.57. The molecule has 0 nitrogen and oxygen atoms in total. The van der Waals surface area contributed by atoms with Crippen LogP contribution in [0, 0.1) is 6.07 Å². The molecule has 0 unspecified atom stereocenters. The maximum absolute atomic E-state index is 6.05. The van der Waals surface area contributed by atoms with Crippen LogP contribution in [0.15, 0.2) is 42.5 Å². The van der Waals surface area contributed by atoms with E-state index < -0.39 is 0 Å². The van der Waals surface area contributed by atoms with Gasteiger partial charge in [0, 0.05) is 5.56 Å². The van der Waals surface area contributed by atoms with Crippen LogP contribution in [0.3, 0.4) is 0 Å². The summed E-state index contributed by atoms with van der Waals surface area (Å²) in [6.45, 7) is 0. The molecule has 0 heterocycles. The monoisotopic (exact) mass is 222 g/mol. The van der Waals surface area contributed by atoms with E-state index in [4.69, 9.17) is 23.2 Å². The fourth-order valence-electron chi connectivity index (χ4n) is 1.33. The minimum absolute atomic E-state index is 0. The van der Waals surface area contributed by atoms with Crippen LogP contribution >= 0.6 is 23.2 Å². The van der Waals surface area contributed by atoms with E-state index in [0.29, 0.717) is 10.0 Å². The summed E-state index contributed by atoms with van der Waals surface area (Å²) < 4.78 is 0. The lowest BCUT2D eigenvalue weighted by Crippen LogP contribution is -1.80. The number of hydrogen-bond donors (Lipinski definition) is 0. The van der Waals surface area contributed by atoms with Crippen LogP contribution in [-0.2, 0) is 0 Å². The lowest BCUT2D eigenvalue weighted by molar-refractivity contribution is 1.61. The van der Waals surface area contributed by atoms with E-state index in [1.54, 1.807) is 12.1 Å². The van der Waals surface area contributed by atoms with Crippen LogP contribution in [0.25, 0.3) is 11.1 Å². The Labute approximate surface area is 94.6 Å². The van der Waals surface area contributed by atoms with Gasteiger partial charge in [-0.05, 0) is 23.8 Å². The molecule has 0 spiro atoms. The van der Waals surface area contributed by atoms with E-state index >= 15 is 0 Å². The van der Waals surface area contributed by atoms with Gasteiger partial charge in [-0.3, -0.25) is 0 Å². The molecule has 2 aromatic carbocycles. The van der Waals surface area contributed by atoms with Gasteiger partial charge in [0.05, 0.1) is 10.0 Å². The molecule has 0 bridgehead atoms. The second-order valence-electron chi connectivity index (χ2n) is 2.89. The molecule has 0 saturated carbocycles. The summed E-state index contributed by atoms with van der Waals surface area (Å²) in [5, 5.41) is 1.26. The third kappa shape index (κ3) is 1.77. The molecule has 2 aromatic rings. The summed E-state index contributed by atoms with van der Waals surface area (Å²) >= 11 is 12.1. The highest BCUT2D eigenvalue weighted by atomic mass is 35.5. The normalized spacial score (nSPS) is 10.1. The van der Waals surface area contributed by atoms with Gasteiger partial charge in [-0.15, -0.1) is 0 Å². The molecule has 0 fully saturated rings. The Hall–Kier alpha value is -0.980. The Balaban J connectivity index is 0.00000112. The average Bonchev–Trinajstić information content (AvgIpc) is 2.19. The first-order valence-corrected chi connectivity index (χ1v) is 4.95. The van der Waals surface area contributed by atoms with Crippen molar-refractivity contribution in [3.63, 3.8) is 0 Å². The fraction of sp³-hybridized carbons (Fsp3) is 0. The second-order valence-corrected chi connectivity index (χ2v) is 3.71. The van der Waals surface area contributed by atoms with E-state index in [1.165, 1.54) is 0 Å². The summed E-state index contributed by atoms with van der Waals surface area (Å²) in [6, 6.07) is 16.1. The molecule has 14 heavy (non-hydrogen) atoms. The summed E-state index contributed by atoms with van der Waals surface area (Å²) in [4.78, 5) is 0. The molecule has 0 saturated heterocycles. The van der Waals surface area contributed by atoms with E-state index in [1.807, 2.05) is 30.3 Å². The molecule has 0 aromatic heterocycles. The third-order valence-electron chi connectivity index (χ3n) is 1.96. The first-order chi connectivity index (χ1) is 6.79. The zero-order chi connectivity index (χ0) is 9.97. The van der Waals surface area contributed by atoms with Gasteiger partial charge in [-0.25, -0.2) is 0 Å². The summed E-state index contributed by atoms with van der Waals surface area (Å²) in [5.41, 5.74) is 1.89. The topological polar surface area (TPSA) is 0 Å². The van der Waals surface area contributed by atoms with Crippen molar-refractivity contribution in [2.24, 2.45) is 0 Å². The second kappa shape index (κ2) is 4.04. The Morgan fingerprint density at radius 3 is 2.07 bits per heavy atom. The molecule has 1 radical (unpaired) electrons. The maximum atomic E-state index is 6.05. The molecular weight excluding hydrogens is 215 g/mol. The van der Waals surface area contributed by atoms with Crippen LogP contribution in [0.1, 0.15) is 1.43 Å². The first kappa shape index (κ1) is 9.57. The first-order valence-electron chi connectivity index (χ1n) is 4.19. The van der Waals surface area contributed by atoms with E-state index in [2.05, 4.69) is 6.07 Å². The highest BCUT2D eigenvalue weighted by Crippen LogP contribution is 2.33. The standard InChI is InChI=1S/C12H7Cl2/c13-10-7-4-8-11(14)12(10)9-5-2-1-3-6-9/h1-3,5-8H/p+1. The van der Waals surface area contributed by atoms with Crippen molar-refractivity contribution in [1.29, 1.82) is 0 Å². The molecule has 0 aliphatic heterocycles. The predicted molar refractivity (Wildman–Crippen MR) is 61.8 cm³/mol. The fourth-order valence-corrected chi connectivity index (χ4v) is 1.92. The van der Waals surface area contributed by atoms with Gasteiger partial charge in [0.15, 0.2) is 0 Å². The molecule has 69 valence electrons. The van der Waals surface area contributed by atoms with E-state index in [0.717, 1.165) is 11.1 Å². The summed E-state index contributed by atoms with van der Waals surface area (Å²) in [6.07, 6.45) is 0. The van der Waals surface area contributed by atoms with Crippen molar-refractivity contribution in [2.45, 2.75) is 0 Å². The molecule has 0 N–H and O–H groups in total. The van der Waals surface area contributed by atoms with Crippen LogP contribution in [0.2, 0.25) is 10.0 Å². The van der Waals surface area contributed by atoms with E-state index in [9.17, 15) is 0 Å².